The fraction of sp³-hybridized carbons (Fsp3) is 0.211. The van der Waals surface area contributed by atoms with Crippen LogP contribution in [0.1, 0.15) is 21.5 Å². The van der Waals surface area contributed by atoms with Gasteiger partial charge >= 0.3 is 0 Å². The van der Waals surface area contributed by atoms with Gasteiger partial charge in [-0.25, -0.2) is 0 Å². The topological polar surface area (TPSA) is 47.8 Å². The molecule has 0 saturated carbocycles. The van der Waals surface area contributed by atoms with E-state index in [2.05, 4.69) is 10.2 Å². The zero-order chi connectivity index (χ0) is 18.0. The van der Waals surface area contributed by atoms with Gasteiger partial charge in [-0.15, -0.1) is 10.2 Å². The SMILES string of the molecule is Cc1ccc(C(=O)CSc2nnc(-c3ccc(Cl)cc3)n2C)c(C)c1. The van der Waals surface area contributed by atoms with Crippen LogP contribution >= 0.6 is 23.4 Å². The molecule has 2 aromatic carbocycles. The number of carbonyl (C=O) groups excluding carboxylic acids is 1. The molecule has 0 amide bonds. The summed E-state index contributed by atoms with van der Waals surface area (Å²) >= 11 is 7.32. The summed E-state index contributed by atoms with van der Waals surface area (Å²) in [7, 11) is 1.90. The standard InChI is InChI=1S/C19H18ClN3OS/c1-12-4-9-16(13(2)10-12)17(24)11-25-19-22-21-18(23(19)3)14-5-7-15(20)8-6-14/h4-10H,11H2,1-3H3. The number of carbonyl (C=O) groups is 1. The molecule has 0 aliphatic carbocycles. The Bertz CT molecular complexity index is 919. The molecule has 0 atom stereocenters. The molecule has 0 spiro atoms. The summed E-state index contributed by atoms with van der Waals surface area (Å²) in [5.74, 6) is 1.17. The lowest BCUT2D eigenvalue weighted by Crippen LogP contribution is -2.06. The number of aryl methyl sites for hydroxylation is 2. The van der Waals surface area contributed by atoms with Gasteiger partial charge in [-0.05, 0) is 43.7 Å². The Balaban J connectivity index is 1.74. The molecule has 1 aromatic heterocycles. The van der Waals surface area contributed by atoms with Crippen molar-refractivity contribution in [2.24, 2.45) is 7.05 Å². The van der Waals surface area contributed by atoms with Crippen LogP contribution in [0.15, 0.2) is 47.6 Å². The van der Waals surface area contributed by atoms with Gasteiger partial charge in [0.25, 0.3) is 0 Å². The van der Waals surface area contributed by atoms with Gasteiger partial charge in [0, 0.05) is 23.2 Å². The maximum Gasteiger partial charge on any atom is 0.191 e. The predicted octanol–water partition coefficient (Wildman–Crippen LogP) is 4.73. The van der Waals surface area contributed by atoms with E-state index in [-0.39, 0.29) is 5.78 Å². The normalized spacial score (nSPS) is 10.9. The number of ketones is 1. The van der Waals surface area contributed by atoms with Crippen LogP contribution in [0.5, 0.6) is 0 Å². The second-order valence-electron chi connectivity index (χ2n) is 5.90. The second kappa shape index (κ2) is 7.42. The zero-order valence-electron chi connectivity index (χ0n) is 14.3. The minimum atomic E-state index is 0.0959. The first-order valence-electron chi connectivity index (χ1n) is 7.84. The van der Waals surface area contributed by atoms with E-state index in [9.17, 15) is 4.79 Å². The van der Waals surface area contributed by atoms with Crippen LogP contribution in [-0.2, 0) is 7.05 Å². The Morgan fingerprint density at radius 2 is 1.84 bits per heavy atom. The number of nitrogens with zero attached hydrogens (tertiary/aromatic N) is 3. The Kier molecular flexibility index (Phi) is 5.25. The molecule has 3 rings (SSSR count). The van der Waals surface area contributed by atoms with Crippen LogP contribution in [0.25, 0.3) is 11.4 Å². The minimum Gasteiger partial charge on any atom is -0.305 e. The molecule has 6 heteroatoms. The molecule has 0 N–H and O–H groups in total. The third-order valence-corrected chi connectivity index (χ3v) is 5.22. The van der Waals surface area contributed by atoms with Crippen LogP contribution < -0.4 is 0 Å². The van der Waals surface area contributed by atoms with Crippen LogP contribution in [-0.4, -0.2) is 26.3 Å². The number of Topliss-reactive ketones (excluding diaryl/α,β-unsaturated/α-hetero) is 1. The van der Waals surface area contributed by atoms with Gasteiger partial charge in [0.05, 0.1) is 5.75 Å². The number of aromatic nitrogens is 3. The molecular formula is C19H18ClN3OS. The van der Waals surface area contributed by atoms with Gasteiger partial charge < -0.3 is 4.57 Å². The van der Waals surface area contributed by atoms with E-state index in [1.807, 2.05) is 67.9 Å². The molecule has 0 aliphatic heterocycles. The summed E-state index contributed by atoms with van der Waals surface area (Å²) in [5, 5.41) is 9.83. The van der Waals surface area contributed by atoms with Crippen LogP contribution in [0.4, 0.5) is 0 Å². The highest BCUT2D eigenvalue weighted by molar-refractivity contribution is 7.99. The van der Waals surface area contributed by atoms with Crippen molar-refractivity contribution in [2.75, 3.05) is 5.75 Å². The smallest absolute Gasteiger partial charge is 0.191 e. The number of halogens is 1. The van der Waals surface area contributed by atoms with E-state index in [4.69, 9.17) is 11.6 Å². The zero-order valence-corrected chi connectivity index (χ0v) is 15.9. The third-order valence-electron chi connectivity index (χ3n) is 3.95. The largest absolute Gasteiger partial charge is 0.305 e. The highest BCUT2D eigenvalue weighted by Crippen LogP contribution is 2.24. The first-order valence-corrected chi connectivity index (χ1v) is 9.20. The van der Waals surface area contributed by atoms with E-state index in [1.54, 1.807) is 0 Å². The van der Waals surface area contributed by atoms with Gasteiger partial charge in [-0.1, -0.05) is 47.1 Å². The fourth-order valence-electron chi connectivity index (χ4n) is 2.63. The average Bonchev–Trinajstić information content (AvgIpc) is 2.94. The lowest BCUT2D eigenvalue weighted by atomic mass is 10.0. The molecule has 128 valence electrons. The summed E-state index contributed by atoms with van der Waals surface area (Å²) in [6, 6.07) is 13.3. The number of hydrogen-bond acceptors (Lipinski definition) is 4. The van der Waals surface area contributed by atoms with Crippen LogP contribution in [0.3, 0.4) is 0 Å². The van der Waals surface area contributed by atoms with Crippen molar-refractivity contribution in [3.8, 4) is 11.4 Å². The van der Waals surface area contributed by atoms with Crippen molar-refractivity contribution in [2.45, 2.75) is 19.0 Å². The fourth-order valence-corrected chi connectivity index (χ4v) is 3.55. The molecule has 0 saturated heterocycles. The van der Waals surface area contributed by atoms with E-state index in [0.29, 0.717) is 15.9 Å². The van der Waals surface area contributed by atoms with Gasteiger partial charge in [0.15, 0.2) is 16.8 Å². The third kappa shape index (κ3) is 3.94. The average molecular weight is 372 g/mol. The van der Waals surface area contributed by atoms with E-state index in [0.717, 1.165) is 28.1 Å². The Morgan fingerprint density at radius 1 is 1.12 bits per heavy atom. The number of benzene rings is 2. The van der Waals surface area contributed by atoms with Gasteiger partial charge in [-0.2, -0.15) is 0 Å². The summed E-state index contributed by atoms with van der Waals surface area (Å²) < 4.78 is 1.89. The highest BCUT2D eigenvalue weighted by atomic mass is 35.5. The molecule has 0 bridgehead atoms. The summed E-state index contributed by atoms with van der Waals surface area (Å²) in [4.78, 5) is 12.5. The second-order valence-corrected chi connectivity index (χ2v) is 7.28. The monoisotopic (exact) mass is 371 g/mol. The van der Waals surface area contributed by atoms with Crippen molar-refractivity contribution in [3.05, 3.63) is 64.2 Å². The first kappa shape index (κ1) is 17.7. The molecule has 0 fully saturated rings. The summed E-state index contributed by atoms with van der Waals surface area (Å²) in [5.41, 5.74) is 3.86. The Hall–Kier alpha value is -2.11. The van der Waals surface area contributed by atoms with E-state index in [1.165, 1.54) is 11.8 Å². The molecule has 0 aliphatic rings. The first-order chi connectivity index (χ1) is 12.0. The maximum atomic E-state index is 12.5. The number of hydrogen-bond donors (Lipinski definition) is 0. The van der Waals surface area contributed by atoms with Crippen molar-refractivity contribution in [1.82, 2.24) is 14.8 Å². The van der Waals surface area contributed by atoms with Crippen molar-refractivity contribution >= 4 is 29.1 Å². The van der Waals surface area contributed by atoms with Crippen molar-refractivity contribution in [1.29, 1.82) is 0 Å². The maximum absolute atomic E-state index is 12.5. The lowest BCUT2D eigenvalue weighted by Gasteiger charge is -2.06. The Labute approximate surface area is 156 Å². The molecule has 4 nitrogen and oxygen atoms in total. The quantitative estimate of drug-likeness (QED) is 0.480. The molecule has 3 aromatic rings. The number of thioether (sulfide) groups is 1. The van der Waals surface area contributed by atoms with Gasteiger partial charge in [0.2, 0.25) is 0 Å². The minimum absolute atomic E-state index is 0.0959. The van der Waals surface area contributed by atoms with Gasteiger partial charge in [-0.3, -0.25) is 4.79 Å². The van der Waals surface area contributed by atoms with Crippen molar-refractivity contribution in [3.63, 3.8) is 0 Å². The molecule has 1 heterocycles. The Morgan fingerprint density at radius 3 is 2.52 bits per heavy atom. The van der Waals surface area contributed by atoms with Crippen LogP contribution in [0, 0.1) is 13.8 Å². The van der Waals surface area contributed by atoms with Gasteiger partial charge in [0.1, 0.15) is 0 Å². The molecule has 0 radical (unpaired) electrons. The molecule has 25 heavy (non-hydrogen) atoms. The summed E-state index contributed by atoms with van der Waals surface area (Å²) in [6.07, 6.45) is 0. The predicted molar refractivity (Wildman–Crippen MR) is 102 cm³/mol. The molecule has 0 unspecified atom stereocenters. The summed E-state index contributed by atoms with van der Waals surface area (Å²) in [6.45, 7) is 3.99. The lowest BCUT2D eigenvalue weighted by molar-refractivity contribution is 0.102. The van der Waals surface area contributed by atoms with Crippen molar-refractivity contribution < 1.29 is 4.79 Å². The highest BCUT2D eigenvalue weighted by Gasteiger charge is 2.15. The number of rotatable bonds is 5. The van der Waals surface area contributed by atoms with Crippen LogP contribution in [0.2, 0.25) is 5.02 Å². The van der Waals surface area contributed by atoms with E-state index < -0.39 is 0 Å². The van der Waals surface area contributed by atoms with E-state index >= 15 is 0 Å². The molecular weight excluding hydrogens is 354 g/mol.